The largest absolute Gasteiger partial charge is 0.327 e. The first-order valence-corrected chi connectivity index (χ1v) is 8.29. The number of hydrogen-bond donors (Lipinski definition) is 1. The van der Waals surface area contributed by atoms with E-state index in [9.17, 15) is 9.59 Å². The lowest BCUT2D eigenvalue weighted by molar-refractivity contribution is -0.119. The Labute approximate surface area is 149 Å². The van der Waals surface area contributed by atoms with E-state index in [-0.39, 0.29) is 11.8 Å². The van der Waals surface area contributed by atoms with E-state index in [0.717, 1.165) is 6.42 Å². The predicted molar refractivity (Wildman–Crippen MR) is 93.4 cm³/mol. The quantitative estimate of drug-likeness (QED) is 0.905. The zero-order valence-electron chi connectivity index (χ0n) is 12.7. The Morgan fingerprint density at radius 1 is 1.21 bits per heavy atom. The molecule has 1 aromatic heterocycles. The molecule has 1 unspecified atom stereocenters. The van der Waals surface area contributed by atoms with Crippen LogP contribution in [0.25, 0.3) is 0 Å². The number of rotatable bonds is 3. The average Bonchev–Trinajstić information content (AvgIpc) is 3.07. The van der Waals surface area contributed by atoms with E-state index in [1.807, 2.05) is 0 Å². The van der Waals surface area contributed by atoms with E-state index in [2.05, 4.69) is 10.3 Å². The van der Waals surface area contributed by atoms with Crippen molar-refractivity contribution in [1.82, 2.24) is 9.88 Å². The molecule has 0 radical (unpaired) electrons. The molecule has 2 heterocycles. The number of carbonyl (C=O) groups is 2. The van der Waals surface area contributed by atoms with Gasteiger partial charge in [0.05, 0.1) is 21.9 Å². The summed E-state index contributed by atoms with van der Waals surface area (Å²) in [6, 6.07) is 7.71. The van der Waals surface area contributed by atoms with Crippen LogP contribution in [0.15, 0.2) is 42.7 Å². The van der Waals surface area contributed by atoms with Crippen LogP contribution in [-0.4, -0.2) is 34.3 Å². The molecule has 24 heavy (non-hydrogen) atoms. The van der Waals surface area contributed by atoms with Gasteiger partial charge in [-0.05, 0) is 43.2 Å². The van der Waals surface area contributed by atoms with Crippen LogP contribution in [0.4, 0.5) is 5.69 Å². The summed E-state index contributed by atoms with van der Waals surface area (Å²) in [6.07, 6.45) is 4.60. The SMILES string of the molecule is O=C(Nc1cccnc1)C1CCCN1C(=O)c1ccc(Cl)c(Cl)c1. The van der Waals surface area contributed by atoms with Crippen LogP contribution in [0, 0.1) is 0 Å². The third kappa shape index (κ3) is 3.52. The predicted octanol–water partition coefficient (Wildman–Crippen LogP) is 3.63. The Morgan fingerprint density at radius 3 is 2.75 bits per heavy atom. The average molecular weight is 364 g/mol. The van der Waals surface area contributed by atoms with Gasteiger partial charge in [-0.15, -0.1) is 0 Å². The van der Waals surface area contributed by atoms with E-state index >= 15 is 0 Å². The van der Waals surface area contributed by atoms with Gasteiger partial charge in [0, 0.05) is 18.3 Å². The third-order valence-electron chi connectivity index (χ3n) is 3.91. The highest BCUT2D eigenvalue weighted by Crippen LogP contribution is 2.26. The first kappa shape index (κ1) is 16.7. The van der Waals surface area contributed by atoms with Crippen molar-refractivity contribution < 1.29 is 9.59 Å². The van der Waals surface area contributed by atoms with Crippen LogP contribution in [-0.2, 0) is 4.79 Å². The lowest BCUT2D eigenvalue weighted by Gasteiger charge is -2.24. The Morgan fingerprint density at radius 2 is 2.04 bits per heavy atom. The first-order valence-electron chi connectivity index (χ1n) is 7.53. The first-order chi connectivity index (χ1) is 11.6. The van der Waals surface area contributed by atoms with Crippen molar-refractivity contribution in [1.29, 1.82) is 0 Å². The number of halogens is 2. The highest BCUT2D eigenvalue weighted by Gasteiger charge is 2.34. The van der Waals surface area contributed by atoms with Gasteiger partial charge < -0.3 is 10.2 Å². The smallest absolute Gasteiger partial charge is 0.254 e. The molecule has 7 heteroatoms. The van der Waals surface area contributed by atoms with Crippen molar-refractivity contribution in [3.8, 4) is 0 Å². The van der Waals surface area contributed by atoms with Crippen LogP contribution >= 0.6 is 23.2 Å². The highest BCUT2D eigenvalue weighted by molar-refractivity contribution is 6.42. The molecule has 0 aliphatic carbocycles. The molecule has 5 nitrogen and oxygen atoms in total. The van der Waals surface area contributed by atoms with Gasteiger partial charge in [-0.1, -0.05) is 23.2 Å². The van der Waals surface area contributed by atoms with Crippen molar-refractivity contribution in [2.75, 3.05) is 11.9 Å². The summed E-state index contributed by atoms with van der Waals surface area (Å²) in [4.78, 5) is 30.7. The van der Waals surface area contributed by atoms with Gasteiger partial charge >= 0.3 is 0 Å². The van der Waals surface area contributed by atoms with E-state index in [1.54, 1.807) is 41.6 Å². The number of carbonyl (C=O) groups excluding carboxylic acids is 2. The second kappa shape index (κ2) is 7.20. The molecule has 0 spiro atoms. The minimum absolute atomic E-state index is 0.214. The van der Waals surface area contributed by atoms with E-state index in [1.165, 1.54) is 6.07 Å². The second-order valence-electron chi connectivity index (χ2n) is 5.52. The number of nitrogens with zero attached hydrogens (tertiary/aromatic N) is 2. The Bertz CT molecular complexity index is 768. The zero-order valence-corrected chi connectivity index (χ0v) is 14.2. The molecule has 0 bridgehead atoms. The fourth-order valence-electron chi connectivity index (χ4n) is 2.74. The molecule has 1 aromatic carbocycles. The van der Waals surface area contributed by atoms with Crippen molar-refractivity contribution in [3.05, 3.63) is 58.3 Å². The summed E-state index contributed by atoms with van der Waals surface area (Å²) in [7, 11) is 0. The summed E-state index contributed by atoms with van der Waals surface area (Å²) >= 11 is 11.9. The molecule has 0 saturated carbocycles. The van der Waals surface area contributed by atoms with E-state index in [4.69, 9.17) is 23.2 Å². The Hall–Kier alpha value is -2.11. The minimum atomic E-state index is -0.507. The number of benzene rings is 1. The van der Waals surface area contributed by atoms with Crippen LogP contribution in [0.1, 0.15) is 23.2 Å². The number of pyridine rings is 1. The lowest BCUT2D eigenvalue weighted by Crippen LogP contribution is -2.43. The Balaban J connectivity index is 1.76. The van der Waals surface area contributed by atoms with Gasteiger partial charge in [0.15, 0.2) is 0 Å². The maximum atomic E-state index is 12.7. The van der Waals surface area contributed by atoms with Crippen molar-refractivity contribution >= 4 is 40.7 Å². The zero-order chi connectivity index (χ0) is 17.1. The van der Waals surface area contributed by atoms with Crippen molar-refractivity contribution in [2.45, 2.75) is 18.9 Å². The molecular formula is C17H15Cl2N3O2. The maximum absolute atomic E-state index is 12.7. The van der Waals surface area contributed by atoms with Gasteiger partial charge in [0.25, 0.3) is 5.91 Å². The molecule has 124 valence electrons. The maximum Gasteiger partial charge on any atom is 0.254 e. The van der Waals surface area contributed by atoms with Crippen molar-refractivity contribution in [2.24, 2.45) is 0 Å². The highest BCUT2D eigenvalue weighted by atomic mass is 35.5. The van der Waals surface area contributed by atoms with Crippen molar-refractivity contribution in [3.63, 3.8) is 0 Å². The summed E-state index contributed by atoms with van der Waals surface area (Å²) in [6.45, 7) is 0.532. The number of anilines is 1. The molecule has 2 amide bonds. The van der Waals surface area contributed by atoms with Gasteiger partial charge in [0.1, 0.15) is 6.04 Å². The van der Waals surface area contributed by atoms with Crippen LogP contribution < -0.4 is 5.32 Å². The molecule has 1 N–H and O–H groups in total. The second-order valence-corrected chi connectivity index (χ2v) is 6.33. The molecule has 1 aliphatic heterocycles. The van der Waals surface area contributed by atoms with Gasteiger partial charge in [-0.2, -0.15) is 0 Å². The van der Waals surface area contributed by atoms with Gasteiger partial charge in [0.2, 0.25) is 5.91 Å². The van der Waals surface area contributed by atoms with E-state index in [0.29, 0.717) is 34.3 Å². The van der Waals surface area contributed by atoms with E-state index < -0.39 is 6.04 Å². The molecule has 3 rings (SSSR count). The lowest BCUT2D eigenvalue weighted by atomic mass is 10.1. The van der Waals surface area contributed by atoms with Crippen LogP contribution in [0.5, 0.6) is 0 Å². The number of likely N-dealkylation sites (tertiary alicyclic amines) is 1. The topological polar surface area (TPSA) is 62.3 Å². The summed E-state index contributed by atoms with van der Waals surface area (Å²) in [5, 5.41) is 3.51. The fourth-order valence-corrected chi connectivity index (χ4v) is 3.04. The molecule has 1 atom stereocenters. The molecule has 1 saturated heterocycles. The van der Waals surface area contributed by atoms with Gasteiger partial charge in [-0.25, -0.2) is 0 Å². The number of hydrogen-bond acceptors (Lipinski definition) is 3. The summed E-state index contributed by atoms with van der Waals surface area (Å²) in [5.74, 6) is -0.439. The number of aromatic nitrogens is 1. The number of amides is 2. The molecule has 1 fully saturated rings. The summed E-state index contributed by atoms with van der Waals surface area (Å²) in [5.41, 5.74) is 1.03. The molecule has 2 aromatic rings. The van der Waals surface area contributed by atoms with Crippen LogP contribution in [0.2, 0.25) is 10.0 Å². The Kier molecular flexibility index (Phi) is 5.02. The third-order valence-corrected chi connectivity index (χ3v) is 4.65. The molecule has 1 aliphatic rings. The van der Waals surface area contributed by atoms with Gasteiger partial charge in [-0.3, -0.25) is 14.6 Å². The summed E-state index contributed by atoms with van der Waals surface area (Å²) < 4.78 is 0. The normalized spacial score (nSPS) is 16.9. The fraction of sp³-hybridized carbons (Fsp3) is 0.235. The van der Waals surface area contributed by atoms with Crippen LogP contribution in [0.3, 0.4) is 0 Å². The minimum Gasteiger partial charge on any atom is -0.327 e. The molecular weight excluding hydrogens is 349 g/mol. The monoisotopic (exact) mass is 363 g/mol. The standard InChI is InChI=1S/C17H15Cl2N3O2/c18-13-6-5-11(9-14(13)19)17(24)22-8-2-4-15(22)16(23)21-12-3-1-7-20-10-12/h1,3,5-7,9-10,15H,2,4,8H2,(H,21,23). The number of nitrogens with one attached hydrogen (secondary N) is 1.